The van der Waals surface area contributed by atoms with Crippen molar-refractivity contribution in [2.45, 2.75) is 0 Å². The molecule has 0 N–H and O–H groups in total. The molecule has 10 rings (SSSR count). The lowest BCUT2D eigenvalue weighted by molar-refractivity contribution is 0.651. The lowest BCUT2D eigenvalue weighted by Crippen LogP contribution is -2.03. The smallest absolute Gasteiger partial charge is 0.238 e. The highest BCUT2D eigenvalue weighted by molar-refractivity contribution is 6.17. The molecule has 4 aromatic heterocycles. The van der Waals surface area contributed by atoms with E-state index in [2.05, 4.69) is 95.6 Å². The molecular formula is C38H21N3O2. The molecule has 0 aliphatic heterocycles. The number of furan rings is 2. The summed E-state index contributed by atoms with van der Waals surface area (Å²) in [4.78, 5) is 10.5. The fraction of sp³-hybridized carbons (Fsp3) is 0. The van der Waals surface area contributed by atoms with E-state index in [1.807, 2.05) is 36.4 Å². The van der Waals surface area contributed by atoms with E-state index in [0.717, 1.165) is 76.7 Å². The predicted molar refractivity (Wildman–Crippen MR) is 174 cm³/mol. The molecule has 0 aliphatic rings. The van der Waals surface area contributed by atoms with Crippen molar-refractivity contribution in [2.75, 3.05) is 0 Å². The molecule has 0 amide bonds. The number of fused-ring (bicyclic) bond motifs is 10. The standard InChI is InChI=1S/C38H21N3O2/c1-2-11-23-21-31-29(20-22(23)10-1)24-12-3-6-17-30(24)41(31)38-39-35(34-27-14-5-8-19-33(27)43-37(34)40-38)28-16-9-15-26-25-13-4-7-18-32(25)42-36(26)28/h1-21H. The molecule has 0 bridgehead atoms. The SMILES string of the molecule is c1ccc2cc3c(cc2c1)c1ccccc1n3-c1nc(-c2cccc3c2oc2ccccc23)c2c(n1)oc1ccccc12. The zero-order valence-electron chi connectivity index (χ0n) is 22.8. The van der Waals surface area contributed by atoms with E-state index in [4.69, 9.17) is 18.8 Å². The Balaban J connectivity index is 1.37. The van der Waals surface area contributed by atoms with E-state index in [0.29, 0.717) is 11.7 Å². The molecule has 0 fully saturated rings. The van der Waals surface area contributed by atoms with Crippen LogP contribution in [0.1, 0.15) is 0 Å². The van der Waals surface area contributed by atoms with Gasteiger partial charge in [-0.15, -0.1) is 0 Å². The number of para-hydroxylation sites is 4. The number of rotatable bonds is 2. The topological polar surface area (TPSA) is 57.0 Å². The van der Waals surface area contributed by atoms with Crippen LogP contribution in [0.4, 0.5) is 0 Å². The van der Waals surface area contributed by atoms with Gasteiger partial charge in [0.15, 0.2) is 0 Å². The van der Waals surface area contributed by atoms with Gasteiger partial charge < -0.3 is 8.83 Å². The van der Waals surface area contributed by atoms with Crippen molar-refractivity contribution in [1.82, 2.24) is 14.5 Å². The maximum atomic E-state index is 6.50. The van der Waals surface area contributed by atoms with Gasteiger partial charge in [-0.3, -0.25) is 4.57 Å². The molecule has 200 valence electrons. The zero-order chi connectivity index (χ0) is 28.1. The van der Waals surface area contributed by atoms with E-state index in [9.17, 15) is 0 Å². The molecule has 0 unspecified atom stereocenters. The van der Waals surface area contributed by atoms with Crippen LogP contribution >= 0.6 is 0 Å². The second-order valence-electron chi connectivity index (χ2n) is 11.0. The highest BCUT2D eigenvalue weighted by atomic mass is 16.3. The second-order valence-corrected chi connectivity index (χ2v) is 11.0. The fourth-order valence-electron chi connectivity index (χ4n) is 6.71. The summed E-state index contributed by atoms with van der Waals surface area (Å²) < 4.78 is 15.1. The van der Waals surface area contributed by atoms with Gasteiger partial charge in [0, 0.05) is 32.5 Å². The summed E-state index contributed by atoms with van der Waals surface area (Å²) in [5, 5.41) is 8.65. The summed E-state index contributed by atoms with van der Waals surface area (Å²) in [5.74, 6) is 0.552. The minimum Gasteiger partial charge on any atom is -0.455 e. The van der Waals surface area contributed by atoms with Crippen LogP contribution in [0.5, 0.6) is 0 Å². The average molecular weight is 552 g/mol. The summed E-state index contributed by atoms with van der Waals surface area (Å²) in [6.07, 6.45) is 0. The van der Waals surface area contributed by atoms with Crippen LogP contribution in [0.2, 0.25) is 0 Å². The van der Waals surface area contributed by atoms with Crippen LogP contribution < -0.4 is 0 Å². The molecule has 0 aliphatic carbocycles. The van der Waals surface area contributed by atoms with Crippen LogP contribution in [0, 0.1) is 0 Å². The van der Waals surface area contributed by atoms with Gasteiger partial charge in [0.2, 0.25) is 11.7 Å². The number of hydrogen-bond acceptors (Lipinski definition) is 4. The van der Waals surface area contributed by atoms with Crippen molar-refractivity contribution in [3.05, 3.63) is 127 Å². The van der Waals surface area contributed by atoms with Gasteiger partial charge >= 0.3 is 0 Å². The first kappa shape index (κ1) is 22.7. The van der Waals surface area contributed by atoms with Crippen LogP contribution in [0.25, 0.3) is 93.8 Å². The third kappa shape index (κ3) is 3.11. The first-order valence-corrected chi connectivity index (χ1v) is 14.3. The van der Waals surface area contributed by atoms with Crippen LogP contribution in [0.3, 0.4) is 0 Å². The van der Waals surface area contributed by atoms with Crippen LogP contribution in [-0.2, 0) is 0 Å². The van der Waals surface area contributed by atoms with Crippen molar-refractivity contribution in [3.63, 3.8) is 0 Å². The van der Waals surface area contributed by atoms with Gasteiger partial charge in [-0.1, -0.05) is 91.0 Å². The first-order valence-electron chi connectivity index (χ1n) is 14.3. The molecule has 43 heavy (non-hydrogen) atoms. The summed E-state index contributed by atoms with van der Waals surface area (Å²) in [6, 6.07) is 43.9. The van der Waals surface area contributed by atoms with Gasteiger partial charge in [0.05, 0.1) is 22.1 Å². The van der Waals surface area contributed by atoms with Crippen LogP contribution in [-0.4, -0.2) is 14.5 Å². The molecule has 0 saturated carbocycles. The Hall–Kier alpha value is -5.94. The fourth-order valence-corrected chi connectivity index (χ4v) is 6.71. The second kappa shape index (κ2) is 8.30. The van der Waals surface area contributed by atoms with E-state index >= 15 is 0 Å². The third-order valence-electron chi connectivity index (χ3n) is 8.63. The predicted octanol–water partition coefficient (Wildman–Crippen LogP) is 10.2. The van der Waals surface area contributed by atoms with Gasteiger partial charge in [0.25, 0.3) is 0 Å². The maximum absolute atomic E-state index is 6.50. The zero-order valence-corrected chi connectivity index (χ0v) is 22.8. The molecular weight excluding hydrogens is 530 g/mol. The minimum atomic E-state index is 0.543. The molecule has 0 radical (unpaired) electrons. The number of aromatic nitrogens is 3. The van der Waals surface area contributed by atoms with Gasteiger partial charge in [-0.2, -0.15) is 4.98 Å². The summed E-state index contributed by atoms with van der Waals surface area (Å²) in [5.41, 5.74) is 6.73. The molecule has 5 nitrogen and oxygen atoms in total. The highest BCUT2D eigenvalue weighted by Gasteiger charge is 2.23. The Kier molecular flexibility index (Phi) is 4.39. The number of hydrogen-bond donors (Lipinski definition) is 0. The van der Waals surface area contributed by atoms with Crippen molar-refractivity contribution < 1.29 is 8.83 Å². The van der Waals surface area contributed by atoms with E-state index in [1.165, 1.54) is 5.39 Å². The summed E-state index contributed by atoms with van der Waals surface area (Å²) >= 11 is 0. The van der Waals surface area contributed by atoms with E-state index in [-0.39, 0.29) is 0 Å². The molecule has 0 spiro atoms. The monoisotopic (exact) mass is 551 g/mol. The van der Waals surface area contributed by atoms with Crippen molar-refractivity contribution >= 4 is 76.6 Å². The molecule has 5 heteroatoms. The van der Waals surface area contributed by atoms with Gasteiger partial charge in [-0.25, -0.2) is 4.98 Å². The number of benzene rings is 6. The van der Waals surface area contributed by atoms with E-state index in [1.54, 1.807) is 0 Å². The Labute approximate surface area is 244 Å². The van der Waals surface area contributed by atoms with E-state index < -0.39 is 0 Å². The summed E-state index contributed by atoms with van der Waals surface area (Å²) in [6.45, 7) is 0. The normalized spacial score (nSPS) is 12.2. The lowest BCUT2D eigenvalue weighted by Gasteiger charge is -2.10. The molecule has 0 saturated heterocycles. The Morgan fingerprint density at radius 3 is 2.02 bits per heavy atom. The first-order chi connectivity index (χ1) is 21.3. The van der Waals surface area contributed by atoms with Gasteiger partial charge in [0.1, 0.15) is 16.7 Å². The van der Waals surface area contributed by atoms with Crippen molar-refractivity contribution in [3.8, 4) is 17.2 Å². The van der Waals surface area contributed by atoms with Crippen LogP contribution in [0.15, 0.2) is 136 Å². The van der Waals surface area contributed by atoms with Gasteiger partial charge in [-0.05, 0) is 47.2 Å². The maximum Gasteiger partial charge on any atom is 0.238 e. The molecule has 6 aromatic carbocycles. The Morgan fingerprint density at radius 1 is 0.488 bits per heavy atom. The van der Waals surface area contributed by atoms with Crippen molar-refractivity contribution in [2.24, 2.45) is 0 Å². The summed E-state index contributed by atoms with van der Waals surface area (Å²) in [7, 11) is 0. The lowest BCUT2D eigenvalue weighted by atomic mass is 10.0. The third-order valence-corrected chi connectivity index (χ3v) is 8.63. The average Bonchev–Trinajstić information content (AvgIpc) is 3.72. The molecule has 4 heterocycles. The Morgan fingerprint density at radius 2 is 1.16 bits per heavy atom. The largest absolute Gasteiger partial charge is 0.455 e. The molecule has 10 aromatic rings. The quantitative estimate of drug-likeness (QED) is 0.214. The Bertz CT molecular complexity index is 2750. The molecule has 0 atom stereocenters. The highest BCUT2D eigenvalue weighted by Crippen LogP contribution is 2.42. The minimum absolute atomic E-state index is 0.543. The number of nitrogens with zero attached hydrogens (tertiary/aromatic N) is 3. The van der Waals surface area contributed by atoms with Crippen molar-refractivity contribution in [1.29, 1.82) is 0 Å².